The maximum absolute atomic E-state index is 13.7. The van der Waals surface area contributed by atoms with Crippen molar-refractivity contribution in [3.05, 3.63) is 35.1 Å². The van der Waals surface area contributed by atoms with Crippen LogP contribution in [0, 0.1) is 22.9 Å². The van der Waals surface area contributed by atoms with Gasteiger partial charge in [0.05, 0.1) is 0 Å². The lowest BCUT2D eigenvalue weighted by Gasteiger charge is -2.31. The lowest BCUT2D eigenvalue weighted by Crippen LogP contribution is -2.39. The Bertz CT molecular complexity index is 447. The van der Waals surface area contributed by atoms with E-state index in [4.69, 9.17) is 5.73 Å². The van der Waals surface area contributed by atoms with Crippen LogP contribution in [0.15, 0.2) is 12.1 Å². The third kappa shape index (κ3) is 4.80. The molecule has 0 bridgehead atoms. The van der Waals surface area contributed by atoms with Crippen molar-refractivity contribution in [2.45, 2.75) is 33.7 Å². The van der Waals surface area contributed by atoms with Crippen LogP contribution >= 0.6 is 0 Å². The van der Waals surface area contributed by atoms with Crippen LogP contribution in [0.4, 0.5) is 13.2 Å². The van der Waals surface area contributed by atoms with E-state index >= 15 is 0 Å². The molecule has 1 aromatic rings. The van der Waals surface area contributed by atoms with Crippen molar-refractivity contribution in [3.63, 3.8) is 0 Å². The first-order valence-electron chi connectivity index (χ1n) is 6.85. The molecule has 0 unspecified atom stereocenters. The number of hydrogen-bond acceptors (Lipinski definition) is 2. The molecule has 5 heteroatoms. The summed E-state index contributed by atoms with van der Waals surface area (Å²) in [5, 5.41) is 0. The van der Waals surface area contributed by atoms with Gasteiger partial charge in [-0.1, -0.05) is 20.8 Å². The quantitative estimate of drug-likeness (QED) is 0.780. The molecule has 0 spiro atoms. The van der Waals surface area contributed by atoms with Crippen molar-refractivity contribution in [2.24, 2.45) is 11.1 Å². The smallest absolute Gasteiger partial charge is 0.161 e. The Labute approximate surface area is 118 Å². The molecular weight excluding hydrogens is 265 g/mol. The SMILES string of the molecule is CCCN(Cc1cc(F)c(F)cc1F)CC(C)(C)CN. The summed E-state index contributed by atoms with van der Waals surface area (Å²) in [5.74, 6) is -2.89. The van der Waals surface area contributed by atoms with Gasteiger partial charge in [-0.2, -0.15) is 0 Å². The lowest BCUT2D eigenvalue weighted by molar-refractivity contribution is 0.174. The van der Waals surface area contributed by atoms with Crippen LogP contribution in [0.2, 0.25) is 0 Å². The van der Waals surface area contributed by atoms with Gasteiger partial charge >= 0.3 is 0 Å². The van der Waals surface area contributed by atoms with E-state index in [0.29, 0.717) is 19.2 Å². The zero-order valence-corrected chi connectivity index (χ0v) is 12.3. The molecule has 1 aromatic carbocycles. The molecule has 0 saturated heterocycles. The Morgan fingerprint density at radius 3 is 2.25 bits per heavy atom. The number of benzene rings is 1. The first kappa shape index (κ1) is 17.0. The number of nitrogens with two attached hydrogens (primary N) is 1. The summed E-state index contributed by atoms with van der Waals surface area (Å²) < 4.78 is 39.8. The van der Waals surface area contributed by atoms with Crippen LogP contribution in [0.3, 0.4) is 0 Å². The fraction of sp³-hybridized carbons (Fsp3) is 0.600. The average Bonchev–Trinajstić information content (AvgIpc) is 2.36. The molecule has 0 aromatic heterocycles. The number of nitrogens with zero attached hydrogens (tertiary/aromatic N) is 1. The van der Waals surface area contributed by atoms with Gasteiger partial charge in [-0.3, -0.25) is 4.90 Å². The molecule has 0 atom stereocenters. The maximum Gasteiger partial charge on any atom is 0.161 e. The highest BCUT2D eigenvalue weighted by Crippen LogP contribution is 2.20. The number of hydrogen-bond donors (Lipinski definition) is 1. The summed E-state index contributed by atoms with van der Waals surface area (Å²) in [6.45, 7) is 8.25. The summed E-state index contributed by atoms with van der Waals surface area (Å²) in [7, 11) is 0. The summed E-state index contributed by atoms with van der Waals surface area (Å²) in [6, 6.07) is 1.53. The minimum Gasteiger partial charge on any atom is -0.330 e. The van der Waals surface area contributed by atoms with E-state index in [2.05, 4.69) is 0 Å². The Balaban J connectivity index is 2.88. The van der Waals surface area contributed by atoms with E-state index in [-0.39, 0.29) is 17.5 Å². The summed E-state index contributed by atoms with van der Waals surface area (Å²) in [4.78, 5) is 2.02. The molecule has 0 aliphatic heterocycles. The monoisotopic (exact) mass is 288 g/mol. The standard InChI is InChI=1S/C15H23F3N2/c1-4-5-20(10-15(2,3)9-19)8-11-6-13(17)14(18)7-12(11)16/h6-7H,4-5,8-10,19H2,1-3H3. The first-order valence-corrected chi connectivity index (χ1v) is 6.85. The van der Waals surface area contributed by atoms with Crippen molar-refractivity contribution in [3.8, 4) is 0 Å². The van der Waals surface area contributed by atoms with E-state index in [9.17, 15) is 13.2 Å². The fourth-order valence-corrected chi connectivity index (χ4v) is 2.13. The lowest BCUT2D eigenvalue weighted by atomic mass is 9.93. The molecule has 1 rings (SSSR count). The summed E-state index contributed by atoms with van der Waals surface area (Å²) >= 11 is 0. The Kier molecular flexibility index (Phi) is 6.02. The van der Waals surface area contributed by atoms with Crippen molar-refractivity contribution in [1.29, 1.82) is 0 Å². The molecule has 0 saturated carbocycles. The van der Waals surface area contributed by atoms with Gasteiger partial charge in [-0.15, -0.1) is 0 Å². The molecular formula is C15H23F3N2. The van der Waals surface area contributed by atoms with E-state index in [1.54, 1.807) is 0 Å². The van der Waals surface area contributed by atoms with Gasteiger partial charge in [-0.05, 0) is 31.0 Å². The largest absolute Gasteiger partial charge is 0.330 e. The van der Waals surface area contributed by atoms with Crippen molar-refractivity contribution < 1.29 is 13.2 Å². The van der Waals surface area contributed by atoms with Gasteiger partial charge in [-0.25, -0.2) is 13.2 Å². The highest BCUT2D eigenvalue weighted by atomic mass is 19.2. The zero-order chi connectivity index (χ0) is 15.3. The topological polar surface area (TPSA) is 29.3 Å². The molecule has 2 N–H and O–H groups in total. The van der Waals surface area contributed by atoms with Gasteiger partial charge in [0.1, 0.15) is 5.82 Å². The van der Waals surface area contributed by atoms with Gasteiger partial charge < -0.3 is 5.73 Å². The highest BCUT2D eigenvalue weighted by Gasteiger charge is 2.21. The van der Waals surface area contributed by atoms with Crippen LogP contribution in [-0.2, 0) is 6.54 Å². The molecule has 0 radical (unpaired) electrons. The van der Waals surface area contributed by atoms with Crippen LogP contribution in [0.5, 0.6) is 0 Å². The predicted octanol–water partition coefficient (Wildman–Crippen LogP) is 3.30. The Morgan fingerprint density at radius 1 is 1.10 bits per heavy atom. The molecule has 0 aliphatic carbocycles. The third-order valence-corrected chi connectivity index (χ3v) is 3.23. The molecule has 2 nitrogen and oxygen atoms in total. The van der Waals surface area contributed by atoms with Crippen LogP contribution in [-0.4, -0.2) is 24.5 Å². The van der Waals surface area contributed by atoms with Crippen LogP contribution in [0.1, 0.15) is 32.8 Å². The van der Waals surface area contributed by atoms with E-state index in [0.717, 1.165) is 19.0 Å². The van der Waals surface area contributed by atoms with E-state index < -0.39 is 17.5 Å². The minimum absolute atomic E-state index is 0.107. The Morgan fingerprint density at radius 2 is 1.70 bits per heavy atom. The van der Waals surface area contributed by atoms with Crippen molar-refractivity contribution in [2.75, 3.05) is 19.6 Å². The van der Waals surface area contributed by atoms with Crippen molar-refractivity contribution in [1.82, 2.24) is 4.90 Å². The second-order valence-electron chi connectivity index (χ2n) is 5.94. The highest BCUT2D eigenvalue weighted by molar-refractivity contribution is 5.20. The van der Waals surface area contributed by atoms with Gasteiger partial charge in [0.2, 0.25) is 0 Å². The zero-order valence-electron chi connectivity index (χ0n) is 12.3. The predicted molar refractivity (Wildman–Crippen MR) is 74.7 cm³/mol. The normalized spacial score (nSPS) is 12.2. The Hall–Kier alpha value is -1.07. The van der Waals surface area contributed by atoms with Crippen LogP contribution in [0.25, 0.3) is 0 Å². The van der Waals surface area contributed by atoms with Gasteiger partial charge in [0.25, 0.3) is 0 Å². The second kappa shape index (κ2) is 7.09. The molecule has 0 aliphatic rings. The van der Waals surface area contributed by atoms with Crippen LogP contribution < -0.4 is 5.73 Å². The second-order valence-corrected chi connectivity index (χ2v) is 5.94. The van der Waals surface area contributed by atoms with Crippen molar-refractivity contribution >= 4 is 0 Å². The molecule has 0 fully saturated rings. The summed E-state index contributed by atoms with van der Waals surface area (Å²) in [5.41, 5.74) is 5.77. The molecule has 114 valence electrons. The van der Waals surface area contributed by atoms with E-state index in [1.165, 1.54) is 0 Å². The van der Waals surface area contributed by atoms with E-state index in [1.807, 2.05) is 25.7 Å². The van der Waals surface area contributed by atoms with Gasteiger partial charge in [0, 0.05) is 24.7 Å². The molecule has 20 heavy (non-hydrogen) atoms. The number of rotatable bonds is 7. The molecule has 0 amide bonds. The number of halogens is 3. The third-order valence-electron chi connectivity index (χ3n) is 3.23. The first-order chi connectivity index (χ1) is 9.29. The van der Waals surface area contributed by atoms with Gasteiger partial charge in [0.15, 0.2) is 11.6 Å². The fourth-order valence-electron chi connectivity index (χ4n) is 2.13. The maximum atomic E-state index is 13.7. The summed E-state index contributed by atoms with van der Waals surface area (Å²) in [6.07, 6.45) is 0.895. The minimum atomic E-state index is -1.16. The average molecular weight is 288 g/mol. The molecule has 0 heterocycles.